The molecule has 0 saturated heterocycles. The van der Waals surface area contributed by atoms with Crippen LogP contribution in [0.4, 0.5) is 21.8 Å². The summed E-state index contributed by atoms with van der Waals surface area (Å²) < 4.78 is 13.8. The number of aryl methyl sites for hydroxylation is 1. The quantitative estimate of drug-likeness (QED) is 0.782. The predicted octanol–water partition coefficient (Wildman–Crippen LogP) is 4.91. The first-order chi connectivity index (χ1) is 10.0. The molecule has 112 valence electrons. The van der Waals surface area contributed by atoms with Crippen LogP contribution in [0.2, 0.25) is 5.02 Å². The third-order valence-corrected chi connectivity index (χ3v) is 3.68. The Kier molecular flexibility index (Phi) is 5.36. The van der Waals surface area contributed by atoms with Crippen LogP contribution in [-0.4, -0.2) is 16.5 Å². The van der Waals surface area contributed by atoms with Crippen molar-refractivity contribution in [1.82, 2.24) is 9.97 Å². The van der Waals surface area contributed by atoms with Crippen molar-refractivity contribution in [3.63, 3.8) is 0 Å². The van der Waals surface area contributed by atoms with E-state index in [2.05, 4.69) is 43.5 Å². The van der Waals surface area contributed by atoms with Gasteiger partial charge in [0.1, 0.15) is 10.8 Å². The first-order valence-corrected chi connectivity index (χ1v) is 7.67. The molecule has 0 unspecified atom stereocenters. The van der Waals surface area contributed by atoms with Gasteiger partial charge in [0, 0.05) is 12.2 Å². The van der Waals surface area contributed by atoms with Gasteiger partial charge < -0.3 is 10.6 Å². The summed E-state index contributed by atoms with van der Waals surface area (Å²) in [6, 6.07) is 3.10. The molecule has 2 rings (SSSR count). The van der Waals surface area contributed by atoms with Gasteiger partial charge in [-0.1, -0.05) is 18.5 Å². The number of hydrogen-bond acceptors (Lipinski definition) is 4. The molecule has 0 fully saturated rings. The molecular formula is C14H15BrClFN4. The van der Waals surface area contributed by atoms with E-state index in [-0.39, 0.29) is 5.82 Å². The van der Waals surface area contributed by atoms with E-state index in [9.17, 15) is 4.39 Å². The van der Waals surface area contributed by atoms with Crippen LogP contribution in [0.15, 0.2) is 22.8 Å². The topological polar surface area (TPSA) is 49.8 Å². The van der Waals surface area contributed by atoms with Crippen LogP contribution >= 0.6 is 27.5 Å². The minimum Gasteiger partial charge on any atom is -0.354 e. The van der Waals surface area contributed by atoms with E-state index in [1.54, 1.807) is 6.07 Å². The van der Waals surface area contributed by atoms with Crippen LogP contribution in [0.5, 0.6) is 0 Å². The van der Waals surface area contributed by atoms with E-state index in [1.165, 1.54) is 12.3 Å². The van der Waals surface area contributed by atoms with Crippen molar-refractivity contribution in [3.8, 4) is 0 Å². The zero-order chi connectivity index (χ0) is 15.4. The molecule has 1 aromatic carbocycles. The Morgan fingerprint density at radius 1 is 1.38 bits per heavy atom. The molecule has 0 aliphatic heterocycles. The summed E-state index contributed by atoms with van der Waals surface area (Å²) in [6.45, 7) is 4.65. The smallest absolute Gasteiger partial charge is 0.224 e. The standard InChI is InChI=1S/C14H15BrClFN4/c1-3-4-18-14-19-7-10(16)13(21-14)20-12-6-9(15)11(17)5-8(12)2/h5-7H,3-4H2,1-2H3,(H2,18,19,20,21). The second-order valence-electron chi connectivity index (χ2n) is 4.52. The molecule has 2 aromatic rings. The Morgan fingerprint density at radius 2 is 2.14 bits per heavy atom. The second-order valence-corrected chi connectivity index (χ2v) is 5.78. The van der Waals surface area contributed by atoms with Crippen LogP contribution in [0.25, 0.3) is 0 Å². The summed E-state index contributed by atoms with van der Waals surface area (Å²) in [5, 5.41) is 6.60. The molecule has 0 aliphatic rings. The van der Waals surface area contributed by atoms with Gasteiger partial charge >= 0.3 is 0 Å². The Hall–Kier alpha value is -1.40. The lowest BCUT2D eigenvalue weighted by Crippen LogP contribution is -2.06. The van der Waals surface area contributed by atoms with Crippen molar-refractivity contribution >= 4 is 45.0 Å². The average molecular weight is 374 g/mol. The molecule has 2 N–H and O–H groups in total. The fourth-order valence-corrected chi connectivity index (χ4v) is 2.17. The molecule has 0 radical (unpaired) electrons. The molecule has 1 aromatic heterocycles. The number of nitrogens with one attached hydrogen (secondary N) is 2. The summed E-state index contributed by atoms with van der Waals surface area (Å²) in [6.07, 6.45) is 2.50. The molecule has 0 saturated carbocycles. The van der Waals surface area contributed by atoms with Gasteiger partial charge in [-0.3, -0.25) is 0 Å². The van der Waals surface area contributed by atoms with Crippen LogP contribution in [0, 0.1) is 12.7 Å². The van der Waals surface area contributed by atoms with Gasteiger partial charge in [-0.2, -0.15) is 4.98 Å². The van der Waals surface area contributed by atoms with Gasteiger partial charge in [-0.25, -0.2) is 9.37 Å². The maximum absolute atomic E-state index is 13.4. The molecule has 1 heterocycles. The first kappa shape index (κ1) is 16.0. The number of halogens is 3. The molecule has 21 heavy (non-hydrogen) atoms. The van der Waals surface area contributed by atoms with Gasteiger partial charge in [-0.05, 0) is 47.0 Å². The van der Waals surface area contributed by atoms with Crippen molar-refractivity contribution < 1.29 is 4.39 Å². The highest BCUT2D eigenvalue weighted by Gasteiger charge is 2.10. The second kappa shape index (κ2) is 7.04. The fourth-order valence-electron chi connectivity index (χ4n) is 1.69. The highest BCUT2D eigenvalue weighted by Crippen LogP contribution is 2.29. The fraction of sp³-hybridized carbons (Fsp3) is 0.286. The lowest BCUT2D eigenvalue weighted by atomic mass is 10.2. The minimum atomic E-state index is -0.308. The molecular weight excluding hydrogens is 359 g/mol. The summed E-state index contributed by atoms with van der Waals surface area (Å²) in [5.41, 5.74) is 1.48. The molecule has 0 spiro atoms. The number of aromatic nitrogens is 2. The normalized spacial score (nSPS) is 10.5. The van der Waals surface area contributed by atoms with E-state index < -0.39 is 0 Å². The van der Waals surface area contributed by atoms with Gasteiger partial charge in [0.25, 0.3) is 0 Å². The highest BCUT2D eigenvalue weighted by molar-refractivity contribution is 9.10. The lowest BCUT2D eigenvalue weighted by Gasteiger charge is -2.12. The molecule has 7 heteroatoms. The third-order valence-electron chi connectivity index (χ3n) is 2.80. The lowest BCUT2D eigenvalue weighted by molar-refractivity contribution is 0.620. The average Bonchev–Trinajstić information content (AvgIpc) is 2.45. The van der Waals surface area contributed by atoms with Gasteiger partial charge in [-0.15, -0.1) is 0 Å². The van der Waals surface area contributed by atoms with Crippen molar-refractivity contribution in [2.75, 3.05) is 17.2 Å². The molecule has 0 atom stereocenters. The van der Waals surface area contributed by atoms with Crippen LogP contribution < -0.4 is 10.6 Å². The van der Waals surface area contributed by atoms with Crippen molar-refractivity contribution in [2.45, 2.75) is 20.3 Å². The molecule has 0 aliphatic carbocycles. The van der Waals surface area contributed by atoms with E-state index in [0.717, 1.165) is 24.2 Å². The highest BCUT2D eigenvalue weighted by atomic mass is 79.9. The molecule has 0 amide bonds. The third kappa shape index (κ3) is 4.04. The molecule has 0 bridgehead atoms. The van der Waals surface area contributed by atoms with Gasteiger partial charge in [0.15, 0.2) is 5.82 Å². The Bertz CT molecular complexity index is 651. The first-order valence-electron chi connectivity index (χ1n) is 6.50. The largest absolute Gasteiger partial charge is 0.354 e. The maximum atomic E-state index is 13.4. The maximum Gasteiger partial charge on any atom is 0.224 e. The van der Waals surface area contributed by atoms with Gasteiger partial charge in [0.05, 0.1) is 10.7 Å². The number of anilines is 3. The van der Waals surface area contributed by atoms with E-state index >= 15 is 0 Å². The van der Waals surface area contributed by atoms with E-state index in [4.69, 9.17) is 11.6 Å². The molecule has 4 nitrogen and oxygen atoms in total. The summed E-state index contributed by atoms with van der Waals surface area (Å²) in [4.78, 5) is 8.43. The zero-order valence-electron chi connectivity index (χ0n) is 11.7. The minimum absolute atomic E-state index is 0.308. The number of benzene rings is 1. The number of rotatable bonds is 5. The van der Waals surface area contributed by atoms with Gasteiger partial charge in [0.2, 0.25) is 5.95 Å². The van der Waals surface area contributed by atoms with Crippen LogP contribution in [0.3, 0.4) is 0 Å². The van der Waals surface area contributed by atoms with Crippen molar-refractivity contribution in [3.05, 3.63) is 39.2 Å². The zero-order valence-corrected chi connectivity index (χ0v) is 14.0. The number of nitrogens with zero attached hydrogens (tertiary/aromatic N) is 2. The Morgan fingerprint density at radius 3 is 2.86 bits per heavy atom. The predicted molar refractivity (Wildman–Crippen MR) is 87.9 cm³/mol. The monoisotopic (exact) mass is 372 g/mol. The summed E-state index contributed by atoms with van der Waals surface area (Å²) in [7, 11) is 0. The SMILES string of the molecule is CCCNc1ncc(Cl)c(Nc2cc(Br)c(F)cc2C)n1. The van der Waals surface area contributed by atoms with Crippen molar-refractivity contribution in [2.24, 2.45) is 0 Å². The van der Waals surface area contributed by atoms with Crippen molar-refractivity contribution in [1.29, 1.82) is 0 Å². The van der Waals surface area contributed by atoms with E-state index in [0.29, 0.717) is 21.3 Å². The summed E-state index contributed by atoms with van der Waals surface area (Å²) >= 11 is 9.27. The Balaban J connectivity index is 2.28. The Labute approximate surface area is 136 Å². The summed E-state index contributed by atoms with van der Waals surface area (Å²) in [5.74, 6) is 0.673. The number of hydrogen-bond donors (Lipinski definition) is 2. The van der Waals surface area contributed by atoms with Crippen LogP contribution in [-0.2, 0) is 0 Å². The van der Waals surface area contributed by atoms with Crippen LogP contribution in [0.1, 0.15) is 18.9 Å². The van der Waals surface area contributed by atoms with E-state index in [1.807, 2.05) is 6.92 Å².